The molecule has 1 unspecified atom stereocenters. The van der Waals surface area contributed by atoms with Gasteiger partial charge in [-0.3, -0.25) is 4.79 Å². The Morgan fingerprint density at radius 3 is 2.63 bits per heavy atom. The quantitative estimate of drug-likeness (QED) is 0.711. The number of ether oxygens (including phenoxy) is 2. The van der Waals surface area contributed by atoms with E-state index in [-0.39, 0.29) is 18.7 Å². The SMILES string of the molecule is CC(Nc1ccc(NC(=O)c2ccc3c(c2)OCO3)nc1)c1ccccc1. The van der Waals surface area contributed by atoms with Crippen LogP contribution >= 0.6 is 0 Å². The Labute approximate surface area is 157 Å². The number of hydrogen-bond acceptors (Lipinski definition) is 5. The molecule has 1 atom stereocenters. The van der Waals surface area contributed by atoms with E-state index in [2.05, 4.69) is 34.7 Å². The summed E-state index contributed by atoms with van der Waals surface area (Å²) in [5.74, 6) is 1.45. The van der Waals surface area contributed by atoms with Crippen LogP contribution in [-0.2, 0) is 0 Å². The molecule has 2 aromatic carbocycles. The van der Waals surface area contributed by atoms with Crippen LogP contribution < -0.4 is 20.1 Å². The van der Waals surface area contributed by atoms with Crippen molar-refractivity contribution in [1.82, 2.24) is 4.98 Å². The molecule has 136 valence electrons. The molecule has 1 aliphatic heterocycles. The van der Waals surface area contributed by atoms with E-state index in [0.29, 0.717) is 22.9 Å². The maximum Gasteiger partial charge on any atom is 0.256 e. The molecule has 1 aromatic heterocycles. The number of carbonyl (C=O) groups is 1. The van der Waals surface area contributed by atoms with Crippen molar-refractivity contribution in [3.05, 3.63) is 78.0 Å². The average Bonchev–Trinajstić information content (AvgIpc) is 3.18. The van der Waals surface area contributed by atoms with Crippen LogP contribution in [0.1, 0.15) is 28.9 Å². The number of carbonyl (C=O) groups excluding carboxylic acids is 1. The third-order valence-electron chi connectivity index (χ3n) is 4.32. The molecule has 0 spiro atoms. The highest BCUT2D eigenvalue weighted by atomic mass is 16.7. The molecule has 0 saturated carbocycles. The van der Waals surface area contributed by atoms with E-state index < -0.39 is 0 Å². The summed E-state index contributed by atoms with van der Waals surface area (Å²) in [6.07, 6.45) is 1.70. The van der Waals surface area contributed by atoms with Gasteiger partial charge in [0.25, 0.3) is 5.91 Å². The molecule has 2 heterocycles. The van der Waals surface area contributed by atoms with E-state index in [4.69, 9.17) is 9.47 Å². The van der Waals surface area contributed by atoms with E-state index >= 15 is 0 Å². The summed E-state index contributed by atoms with van der Waals surface area (Å²) < 4.78 is 10.6. The molecule has 0 aliphatic carbocycles. The van der Waals surface area contributed by atoms with Crippen LogP contribution in [0.4, 0.5) is 11.5 Å². The maximum atomic E-state index is 12.4. The summed E-state index contributed by atoms with van der Waals surface area (Å²) in [5, 5.41) is 6.18. The fourth-order valence-electron chi connectivity index (χ4n) is 2.85. The number of nitrogens with one attached hydrogen (secondary N) is 2. The molecular formula is C21H19N3O3. The molecule has 0 fully saturated rings. The molecule has 3 aromatic rings. The van der Waals surface area contributed by atoms with Gasteiger partial charge in [-0.25, -0.2) is 4.98 Å². The van der Waals surface area contributed by atoms with Crippen molar-refractivity contribution in [3.8, 4) is 11.5 Å². The Morgan fingerprint density at radius 2 is 1.85 bits per heavy atom. The van der Waals surface area contributed by atoms with Crippen LogP contribution in [0.3, 0.4) is 0 Å². The summed E-state index contributed by atoms with van der Waals surface area (Å²) in [6, 6.07) is 19.1. The summed E-state index contributed by atoms with van der Waals surface area (Å²) in [5.41, 5.74) is 2.56. The van der Waals surface area contributed by atoms with Gasteiger partial charge in [0.1, 0.15) is 5.82 Å². The predicted octanol–water partition coefficient (Wildman–Crippen LogP) is 4.24. The monoisotopic (exact) mass is 361 g/mol. The molecule has 6 heteroatoms. The Bertz CT molecular complexity index is 943. The molecule has 4 rings (SSSR count). The lowest BCUT2D eigenvalue weighted by molar-refractivity contribution is 0.102. The second kappa shape index (κ2) is 7.37. The minimum Gasteiger partial charge on any atom is -0.454 e. The van der Waals surface area contributed by atoms with Gasteiger partial charge < -0.3 is 20.1 Å². The van der Waals surface area contributed by atoms with E-state index in [1.807, 2.05) is 24.3 Å². The molecule has 1 amide bonds. The molecular weight excluding hydrogens is 342 g/mol. The first-order chi connectivity index (χ1) is 13.2. The molecule has 0 saturated heterocycles. The maximum absolute atomic E-state index is 12.4. The number of amides is 1. The third kappa shape index (κ3) is 3.84. The second-order valence-electron chi connectivity index (χ2n) is 6.23. The van der Waals surface area contributed by atoms with Crippen molar-refractivity contribution in [3.63, 3.8) is 0 Å². The number of fused-ring (bicyclic) bond motifs is 1. The van der Waals surface area contributed by atoms with Gasteiger partial charge in [0.2, 0.25) is 6.79 Å². The molecule has 0 radical (unpaired) electrons. The molecule has 1 aliphatic rings. The lowest BCUT2D eigenvalue weighted by Gasteiger charge is -2.15. The van der Waals surface area contributed by atoms with Gasteiger partial charge in [-0.05, 0) is 42.8 Å². The van der Waals surface area contributed by atoms with Gasteiger partial charge in [-0.1, -0.05) is 30.3 Å². The molecule has 0 bridgehead atoms. The molecule has 6 nitrogen and oxygen atoms in total. The zero-order valence-corrected chi connectivity index (χ0v) is 14.8. The van der Waals surface area contributed by atoms with Crippen LogP contribution in [0.15, 0.2) is 66.9 Å². The van der Waals surface area contributed by atoms with Crippen LogP contribution in [0.25, 0.3) is 0 Å². The van der Waals surface area contributed by atoms with E-state index in [9.17, 15) is 4.79 Å². The van der Waals surface area contributed by atoms with Gasteiger partial charge in [0.15, 0.2) is 11.5 Å². The normalized spacial score (nSPS) is 13.1. The summed E-state index contributed by atoms with van der Waals surface area (Å²) in [6.45, 7) is 2.27. The minimum absolute atomic E-state index is 0.155. The van der Waals surface area contributed by atoms with E-state index in [1.165, 1.54) is 5.56 Å². The summed E-state index contributed by atoms with van der Waals surface area (Å²) in [7, 11) is 0. The standard InChI is InChI=1S/C21H19N3O3/c1-14(15-5-3-2-4-6-15)23-17-8-10-20(22-12-17)24-21(25)16-7-9-18-19(11-16)27-13-26-18/h2-12,14,23H,13H2,1H3,(H,22,24,25). The Hall–Kier alpha value is -3.54. The van der Waals surface area contributed by atoms with Crippen LogP contribution in [0.2, 0.25) is 0 Å². The number of hydrogen-bond donors (Lipinski definition) is 2. The van der Waals surface area contributed by atoms with Crippen molar-refractivity contribution >= 4 is 17.4 Å². The van der Waals surface area contributed by atoms with Crippen molar-refractivity contribution in [2.75, 3.05) is 17.4 Å². The van der Waals surface area contributed by atoms with E-state index in [1.54, 1.807) is 30.5 Å². The summed E-state index contributed by atoms with van der Waals surface area (Å²) in [4.78, 5) is 16.7. The lowest BCUT2D eigenvalue weighted by atomic mass is 10.1. The Kier molecular flexibility index (Phi) is 4.61. The number of anilines is 2. The van der Waals surface area contributed by atoms with Crippen LogP contribution in [0.5, 0.6) is 11.5 Å². The highest BCUT2D eigenvalue weighted by molar-refractivity contribution is 6.04. The van der Waals surface area contributed by atoms with Crippen molar-refractivity contribution < 1.29 is 14.3 Å². The van der Waals surface area contributed by atoms with Gasteiger partial charge in [0, 0.05) is 11.6 Å². The zero-order chi connectivity index (χ0) is 18.6. The highest BCUT2D eigenvalue weighted by Crippen LogP contribution is 2.32. The fraction of sp³-hybridized carbons (Fsp3) is 0.143. The fourth-order valence-corrected chi connectivity index (χ4v) is 2.85. The highest BCUT2D eigenvalue weighted by Gasteiger charge is 2.16. The predicted molar refractivity (Wildman–Crippen MR) is 103 cm³/mol. The number of rotatable bonds is 5. The summed E-state index contributed by atoms with van der Waals surface area (Å²) >= 11 is 0. The Morgan fingerprint density at radius 1 is 1.04 bits per heavy atom. The van der Waals surface area contributed by atoms with Crippen molar-refractivity contribution in [2.24, 2.45) is 0 Å². The largest absolute Gasteiger partial charge is 0.454 e. The van der Waals surface area contributed by atoms with Gasteiger partial charge in [0.05, 0.1) is 11.9 Å². The average molecular weight is 361 g/mol. The smallest absolute Gasteiger partial charge is 0.256 e. The van der Waals surface area contributed by atoms with Gasteiger partial charge in [-0.15, -0.1) is 0 Å². The van der Waals surface area contributed by atoms with Crippen LogP contribution in [0, 0.1) is 0 Å². The number of nitrogens with zero attached hydrogens (tertiary/aromatic N) is 1. The molecule has 2 N–H and O–H groups in total. The zero-order valence-electron chi connectivity index (χ0n) is 14.8. The van der Waals surface area contributed by atoms with E-state index in [0.717, 1.165) is 5.69 Å². The topological polar surface area (TPSA) is 72.5 Å². The first-order valence-electron chi connectivity index (χ1n) is 8.67. The van der Waals surface area contributed by atoms with Crippen LogP contribution in [-0.4, -0.2) is 17.7 Å². The van der Waals surface area contributed by atoms with Gasteiger partial charge in [-0.2, -0.15) is 0 Å². The molecule has 27 heavy (non-hydrogen) atoms. The van der Waals surface area contributed by atoms with Crippen molar-refractivity contribution in [1.29, 1.82) is 0 Å². The number of pyridine rings is 1. The first kappa shape index (κ1) is 16.9. The minimum atomic E-state index is -0.251. The third-order valence-corrected chi connectivity index (χ3v) is 4.32. The Balaban J connectivity index is 1.39. The van der Waals surface area contributed by atoms with Crippen molar-refractivity contribution in [2.45, 2.75) is 13.0 Å². The van der Waals surface area contributed by atoms with Gasteiger partial charge >= 0.3 is 0 Å². The second-order valence-corrected chi connectivity index (χ2v) is 6.23. The lowest BCUT2D eigenvalue weighted by Crippen LogP contribution is -2.13. The first-order valence-corrected chi connectivity index (χ1v) is 8.67. The number of aromatic nitrogens is 1. The number of benzene rings is 2.